The molecule has 1 aromatic heterocycles. The van der Waals surface area contributed by atoms with Crippen molar-refractivity contribution in [3.05, 3.63) is 30.3 Å². The van der Waals surface area contributed by atoms with Crippen LogP contribution in [0.1, 0.15) is 25.7 Å². The number of nitrogens with one attached hydrogen (secondary N) is 1. The first-order valence-electron chi connectivity index (χ1n) is 6.31. The minimum absolute atomic E-state index is 0.439. The Morgan fingerprint density at radius 1 is 1.12 bits per heavy atom. The monoisotopic (exact) mass is 246 g/mol. The summed E-state index contributed by atoms with van der Waals surface area (Å²) >= 11 is 1.98. The van der Waals surface area contributed by atoms with Crippen LogP contribution in [-0.4, -0.2) is 16.3 Å². The van der Waals surface area contributed by atoms with Gasteiger partial charge in [0.15, 0.2) is 0 Å². The Labute approximate surface area is 106 Å². The summed E-state index contributed by atoms with van der Waals surface area (Å²) in [6.45, 7) is 0. The van der Waals surface area contributed by atoms with Gasteiger partial charge in [0, 0.05) is 22.2 Å². The van der Waals surface area contributed by atoms with Crippen molar-refractivity contribution < 1.29 is 0 Å². The number of nitrogens with two attached hydrogens (primary N) is 1. The van der Waals surface area contributed by atoms with Crippen molar-refractivity contribution in [1.82, 2.24) is 4.98 Å². The number of thioether (sulfide) groups is 1. The van der Waals surface area contributed by atoms with Gasteiger partial charge in [-0.3, -0.25) is 0 Å². The van der Waals surface area contributed by atoms with Crippen LogP contribution in [0.5, 0.6) is 0 Å². The van der Waals surface area contributed by atoms with Gasteiger partial charge in [-0.15, -0.1) is 11.8 Å². The molecule has 0 atom stereocenters. The van der Waals surface area contributed by atoms with Crippen molar-refractivity contribution in [2.75, 3.05) is 0 Å². The molecule has 2 aromatic rings. The van der Waals surface area contributed by atoms with Gasteiger partial charge in [0.2, 0.25) is 0 Å². The smallest absolute Gasteiger partial charge is 0.0735 e. The van der Waals surface area contributed by atoms with E-state index in [1.807, 2.05) is 11.8 Å². The summed E-state index contributed by atoms with van der Waals surface area (Å²) in [4.78, 5) is 3.49. The van der Waals surface area contributed by atoms with E-state index in [4.69, 9.17) is 5.73 Å². The van der Waals surface area contributed by atoms with E-state index in [-0.39, 0.29) is 0 Å². The van der Waals surface area contributed by atoms with E-state index < -0.39 is 0 Å². The molecule has 1 saturated carbocycles. The van der Waals surface area contributed by atoms with Crippen molar-refractivity contribution in [2.45, 2.75) is 42.0 Å². The second-order valence-electron chi connectivity index (χ2n) is 4.88. The van der Waals surface area contributed by atoms with E-state index in [1.165, 1.54) is 41.6 Å². The van der Waals surface area contributed by atoms with Gasteiger partial charge < -0.3 is 10.7 Å². The summed E-state index contributed by atoms with van der Waals surface area (Å²) in [5.74, 6) is 0. The van der Waals surface area contributed by atoms with E-state index in [0.717, 1.165) is 5.25 Å². The first-order valence-corrected chi connectivity index (χ1v) is 7.19. The van der Waals surface area contributed by atoms with Crippen molar-refractivity contribution >= 4 is 22.7 Å². The Kier molecular flexibility index (Phi) is 3.12. The third-order valence-electron chi connectivity index (χ3n) is 3.52. The molecule has 3 rings (SSSR count). The second kappa shape index (κ2) is 4.75. The Hall–Kier alpha value is -0.930. The zero-order chi connectivity index (χ0) is 11.7. The molecule has 0 amide bonds. The Balaban J connectivity index is 1.72. The third-order valence-corrected chi connectivity index (χ3v) is 4.80. The molecule has 0 saturated heterocycles. The fraction of sp³-hybridized carbons (Fsp3) is 0.429. The Morgan fingerprint density at radius 2 is 1.88 bits per heavy atom. The number of hydrogen-bond acceptors (Lipinski definition) is 2. The minimum Gasteiger partial charge on any atom is -0.350 e. The van der Waals surface area contributed by atoms with Crippen LogP contribution in [0, 0.1) is 0 Å². The molecule has 1 aromatic carbocycles. The standard InChI is InChI=1S/C14H18N2S/c15-11-5-7-12(8-6-11)17-14-9-10-3-1-2-4-13(10)16-14/h1-4,9,11-12,16H,5-8,15H2. The van der Waals surface area contributed by atoms with Gasteiger partial charge in [-0.25, -0.2) is 0 Å². The second-order valence-corrected chi connectivity index (χ2v) is 6.22. The van der Waals surface area contributed by atoms with Crippen LogP contribution in [0.15, 0.2) is 35.4 Å². The highest BCUT2D eigenvalue weighted by atomic mass is 32.2. The SMILES string of the molecule is NC1CCC(Sc2cc3ccccc3[nH]2)CC1. The van der Waals surface area contributed by atoms with Gasteiger partial charge in [-0.1, -0.05) is 18.2 Å². The van der Waals surface area contributed by atoms with Crippen molar-refractivity contribution in [3.8, 4) is 0 Å². The average Bonchev–Trinajstić information content (AvgIpc) is 2.74. The van der Waals surface area contributed by atoms with Crippen LogP contribution in [0.2, 0.25) is 0 Å². The van der Waals surface area contributed by atoms with E-state index in [2.05, 4.69) is 35.3 Å². The highest BCUT2D eigenvalue weighted by Gasteiger charge is 2.19. The topological polar surface area (TPSA) is 41.8 Å². The highest BCUT2D eigenvalue weighted by molar-refractivity contribution is 7.99. The normalized spacial score (nSPS) is 25.2. The maximum absolute atomic E-state index is 5.93. The van der Waals surface area contributed by atoms with Crippen LogP contribution in [0.4, 0.5) is 0 Å². The Morgan fingerprint density at radius 3 is 2.65 bits per heavy atom. The van der Waals surface area contributed by atoms with Crippen LogP contribution in [0.25, 0.3) is 10.9 Å². The lowest BCUT2D eigenvalue weighted by Crippen LogP contribution is -2.27. The number of aromatic amines is 1. The van der Waals surface area contributed by atoms with E-state index in [9.17, 15) is 0 Å². The molecule has 1 aliphatic rings. The maximum Gasteiger partial charge on any atom is 0.0735 e. The molecular formula is C14H18N2S. The maximum atomic E-state index is 5.93. The number of hydrogen-bond donors (Lipinski definition) is 2. The quantitative estimate of drug-likeness (QED) is 0.851. The predicted octanol–water partition coefficient (Wildman–Crippen LogP) is 3.53. The number of para-hydroxylation sites is 1. The summed E-state index contributed by atoms with van der Waals surface area (Å²) in [5.41, 5.74) is 7.17. The lowest BCUT2D eigenvalue weighted by molar-refractivity contribution is 0.450. The van der Waals surface area contributed by atoms with Gasteiger partial charge in [0.05, 0.1) is 5.03 Å². The summed E-state index contributed by atoms with van der Waals surface area (Å²) < 4.78 is 0. The van der Waals surface area contributed by atoms with Crippen LogP contribution >= 0.6 is 11.8 Å². The molecule has 3 heteroatoms. The zero-order valence-corrected chi connectivity index (χ0v) is 10.7. The average molecular weight is 246 g/mol. The third kappa shape index (κ3) is 2.50. The molecule has 0 aliphatic heterocycles. The zero-order valence-electron chi connectivity index (χ0n) is 9.86. The summed E-state index contributed by atoms with van der Waals surface area (Å²) in [7, 11) is 0. The summed E-state index contributed by atoms with van der Waals surface area (Å²) in [5, 5.41) is 3.34. The highest BCUT2D eigenvalue weighted by Crippen LogP contribution is 2.34. The van der Waals surface area contributed by atoms with Gasteiger partial charge in [-0.2, -0.15) is 0 Å². The van der Waals surface area contributed by atoms with Gasteiger partial charge in [-0.05, 0) is 37.8 Å². The van der Waals surface area contributed by atoms with Crippen molar-refractivity contribution in [1.29, 1.82) is 0 Å². The molecule has 0 spiro atoms. The fourth-order valence-corrected chi connectivity index (χ4v) is 3.73. The summed E-state index contributed by atoms with van der Waals surface area (Å²) in [6, 6.07) is 11.2. The number of rotatable bonds is 2. The molecule has 0 bridgehead atoms. The number of H-pyrrole nitrogens is 1. The van der Waals surface area contributed by atoms with Crippen LogP contribution in [-0.2, 0) is 0 Å². The van der Waals surface area contributed by atoms with Crippen molar-refractivity contribution in [2.24, 2.45) is 5.73 Å². The molecule has 3 N–H and O–H groups in total. The molecule has 17 heavy (non-hydrogen) atoms. The molecule has 2 nitrogen and oxygen atoms in total. The van der Waals surface area contributed by atoms with Gasteiger partial charge in [0.1, 0.15) is 0 Å². The summed E-state index contributed by atoms with van der Waals surface area (Å²) in [6.07, 6.45) is 4.86. The Bertz CT molecular complexity index is 465. The molecule has 0 unspecified atom stereocenters. The molecule has 1 fully saturated rings. The lowest BCUT2D eigenvalue weighted by atomic mass is 9.96. The molecule has 90 valence electrons. The van der Waals surface area contributed by atoms with Crippen LogP contribution < -0.4 is 5.73 Å². The number of benzene rings is 1. The molecule has 0 radical (unpaired) electrons. The van der Waals surface area contributed by atoms with E-state index in [0.29, 0.717) is 6.04 Å². The lowest BCUT2D eigenvalue weighted by Gasteiger charge is -2.24. The van der Waals surface area contributed by atoms with Crippen molar-refractivity contribution in [3.63, 3.8) is 0 Å². The largest absolute Gasteiger partial charge is 0.350 e. The van der Waals surface area contributed by atoms with E-state index >= 15 is 0 Å². The van der Waals surface area contributed by atoms with Crippen LogP contribution in [0.3, 0.4) is 0 Å². The predicted molar refractivity (Wildman–Crippen MR) is 74.4 cm³/mol. The molecular weight excluding hydrogens is 228 g/mol. The molecule has 1 heterocycles. The number of aromatic nitrogens is 1. The number of fused-ring (bicyclic) bond motifs is 1. The first kappa shape index (κ1) is 11.2. The van der Waals surface area contributed by atoms with E-state index in [1.54, 1.807) is 0 Å². The van der Waals surface area contributed by atoms with Gasteiger partial charge >= 0.3 is 0 Å². The fourth-order valence-electron chi connectivity index (χ4n) is 2.50. The van der Waals surface area contributed by atoms with Gasteiger partial charge in [0.25, 0.3) is 0 Å². The minimum atomic E-state index is 0.439. The first-order chi connectivity index (χ1) is 8.31. The molecule has 1 aliphatic carbocycles.